The molecule has 17 heavy (non-hydrogen) atoms. The minimum Gasteiger partial charge on any atom is -0.493 e. The quantitative estimate of drug-likeness (QED) is 0.609. The van der Waals surface area contributed by atoms with E-state index >= 15 is 0 Å². The Labute approximate surface area is 103 Å². The molecule has 0 spiro atoms. The Kier molecular flexibility index (Phi) is 4.54. The third-order valence-corrected chi connectivity index (χ3v) is 2.71. The van der Waals surface area contributed by atoms with Gasteiger partial charge in [-0.25, -0.2) is 0 Å². The maximum Gasteiger partial charge on any atom is 0.161 e. The van der Waals surface area contributed by atoms with Crippen molar-refractivity contribution in [2.75, 3.05) is 7.11 Å². The molecule has 0 saturated heterocycles. The fourth-order valence-electron chi connectivity index (χ4n) is 1.99. The largest absolute Gasteiger partial charge is 0.493 e. The van der Waals surface area contributed by atoms with Gasteiger partial charge in [0.15, 0.2) is 5.75 Å². The van der Waals surface area contributed by atoms with Gasteiger partial charge in [-0.15, -0.1) is 0 Å². The highest BCUT2D eigenvalue weighted by Crippen LogP contribution is 2.33. The van der Waals surface area contributed by atoms with Crippen molar-refractivity contribution in [2.24, 2.45) is 11.3 Å². The maximum atomic E-state index is 5.67. The van der Waals surface area contributed by atoms with E-state index in [0.717, 1.165) is 24.4 Å². The molecule has 0 fully saturated rings. The first-order valence-electron chi connectivity index (χ1n) is 5.98. The first-order chi connectivity index (χ1) is 7.92. The molecule has 0 aliphatic rings. The zero-order chi connectivity index (χ0) is 13.1. The molecule has 5 heteroatoms. The zero-order valence-corrected chi connectivity index (χ0v) is 11.4. The first-order valence-corrected chi connectivity index (χ1v) is 5.98. The summed E-state index contributed by atoms with van der Waals surface area (Å²) < 4.78 is 7.27. The summed E-state index contributed by atoms with van der Waals surface area (Å²) in [6, 6.07) is 0.0485. The van der Waals surface area contributed by atoms with Crippen molar-refractivity contribution >= 4 is 0 Å². The van der Waals surface area contributed by atoms with Gasteiger partial charge in [-0.1, -0.05) is 20.8 Å². The molecule has 0 aliphatic heterocycles. The van der Waals surface area contributed by atoms with E-state index in [4.69, 9.17) is 10.6 Å². The van der Waals surface area contributed by atoms with E-state index in [1.807, 2.05) is 4.68 Å². The second kappa shape index (κ2) is 5.51. The summed E-state index contributed by atoms with van der Waals surface area (Å²) in [5.74, 6) is 6.46. The number of hydrazine groups is 1. The number of nitrogens with one attached hydrogen (secondary N) is 1. The van der Waals surface area contributed by atoms with Crippen molar-refractivity contribution in [3.05, 3.63) is 11.9 Å². The average molecular weight is 240 g/mol. The number of aromatic nitrogens is 2. The van der Waals surface area contributed by atoms with Crippen LogP contribution in [-0.2, 0) is 6.54 Å². The van der Waals surface area contributed by atoms with E-state index < -0.39 is 0 Å². The summed E-state index contributed by atoms with van der Waals surface area (Å²) in [7, 11) is 1.66. The topological polar surface area (TPSA) is 65.1 Å². The minimum atomic E-state index is 0.0485. The molecular formula is C12H24N4O. The molecule has 5 nitrogen and oxygen atoms in total. The Morgan fingerprint density at radius 2 is 2.18 bits per heavy atom. The summed E-state index contributed by atoms with van der Waals surface area (Å²) in [5, 5.41) is 4.30. The number of nitrogens with zero attached hydrogens (tertiary/aromatic N) is 2. The molecule has 1 aromatic heterocycles. The minimum absolute atomic E-state index is 0.0485. The van der Waals surface area contributed by atoms with Gasteiger partial charge >= 0.3 is 0 Å². The fraction of sp³-hybridized carbons (Fsp3) is 0.750. The Morgan fingerprint density at radius 3 is 2.59 bits per heavy atom. The van der Waals surface area contributed by atoms with Crippen LogP contribution in [0.25, 0.3) is 0 Å². The van der Waals surface area contributed by atoms with Crippen molar-refractivity contribution in [2.45, 2.75) is 46.7 Å². The Morgan fingerprint density at radius 1 is 1.53 bits per heavy atom. The SMILES string of the molecule is CCn1ncc(OC)c1C(CC(C)(C)C)NN. The van der Waals surface area contributed by atoms with Crippen LogP contribution < -0.4 is 16.0 Å². The number of nitrogens with two attached hydrogens (primary N) is 1. The van der Waals surface area contributed by atoms with Gasteiger partial charge in [-0.05, 0) is 18.8 Å². The van der Waals surface area contributed by atoms with E-state index in [1.165, 1.54) is 0 Å². The molecule has 1 unspecified atom stereocenters. The lowest BCUT2D eigenvalue weighted by molar-refractivity contribution is 0.295. The van der Waals surface area contributed by atoms with Crippen LogP contribution in [0.1, 0.15) is 45.9 Å². The number of methoxy groups -OCH3 is 1. The molecule has 0 radical (unpaired) electrons. The summed E-state index contributed by atoms with van der Waals surface area (Å²) in [5.41, 5.74) is 4.08. The highest BCUT2D eigenvalue weighted by atomic mass is 16.5. The van der Waals surface area contributed by atoms with Crippen LogP contribution in [0.15, 0.2) is 6.20 Å². The fourth-order valence-corrected chi connectivity index (χ4v) is 1.99. The van der Waals surface area contributed by atoms with E-state index in [9.17, 15) is 0 Å². The third-order valence-electron chi connectivity index (χ3n) is 2.71. The van der Waals surface area contributed by atoms with Gasteiger partial charge in [0.25, 0.3) is 0 Å². The monoisotopic (exact) mass is 240 g/mol. The standard InChI is InChI=1S/C12H24N4O/c1-6-16-11(10(17-5)8-14-16)9(15-13)7-12(2,3)4/h8-9,15H,6-7,13H2,1-5H3. The molecule has 0 bridgehead atoms. The molecule has 3 N–H and O–H groups in total. The lowest BCUT2D eigenvalue weighted by atomic mass is 9.87. The van der Waals surface area contributed by atoms with Crippen LogP contribution in [0.2, 0.25) is 0 Å². The van der Waals surface area contributed by atoms with Gasteiger partial charge in [0.1, 0.15) is 0 Å². The van der Waals surface area contributed by atoms with Gasteiger partial charge in [0.2, 0.25) is 0 Å². The highest BCUT2D eigenvalue weighted by Gasteiger charge is 2.25. The molecule has 0 aliphatic carbocycles. The molecule has 1 aromatic rings. The summed E-state index contributed by atoms with van der Waals surface area (Å²) in [4.78, 5) is 0. The number of hydrogen-bond acceptors (Lipinski definition) is 4. The number of ether oxygens (including phenoxy) is 1. The van der Waals surface area contributed by atoms with E-state index in [-0.39, 0.29) is 11.5 Å². The zero-order valence-electron chi connectivity index (χ0n) is 11.4. The summed E-state index contributed by atoms with van der Waals surface area (Å²) in [6.07, 6.45) is 2.66. The third kappa shape index (κ3) is 3.44. The number of rotatable bonds is 5. The van der Waals surface area contributed by atoms with Crippen molar-refractivity contribution < 1.29 is 4.74 Å². The maximum absolute atomic E-state index is 5.67. The summed E-state index contributed by atoms with van der Waals surface area (Å²) in [6.45, 7) is 9.44. The molecule has 0 saturated carbocycles. The van der Waals surface area contributed by atoms with Gasteiger partial charge < -0.3 is 4.74 Å². The van der Waals surface area contributed by atoms with Crippen molar-refractivity contribution in [3.63, 3.8) is 0 Å². The lowest BCUT2D eigenvalue weighted by Gasteiger charge is -2.26. The molecule has 1 heterocycles. The van der Waals surface area contributed by atoms with E-state index in [0.29, 0.717) is 0 Å². The Hall–Kier alpha value is -1.07. The van der Waals surface area contributed by atoms with Crippen LogP contribution >= 0.6 is 0 Å². The van der Waals surface area contributed by atoms with Crippen molar-refractivity contribution in [1.82, 2.24) is 15.2 Å². The molecule has 0 aromatic carbocycles. The molecule has 98 valence electrons. The van der Waals surface area contributed by atoms with Gasteiger partial charge in [-0.2, -0.15) is 5.10 Å². The van der Waals surface area contributed by atoms with Crippen LogP contribution in [0.5, 0.6) is 5.75 Å². The van der Waals surface area contributed by atoms with Gasteiger partial charge in [0.05, 0.1) is 25.0 Å². The Bertz CT molecular complexity index is 332. The number of hydrogen-bond donors (Lipinski definition) is 2. The van der Waals surface area contributed by atoms with Crippen LogP contribution in [0.4, 0.5) is 0 Å². The van der Waals surface area contributed by atoms with Crippen LogP contribution in [0.3, 0.4) is 0 Å². The smallest absolute Gasteiger partial charge is 0.161 e. The molecule has 0 amide bonds. The van der Waals surface area contributed by atoms with Gasteiger partial charge in [0, 0.05) is 6.54 Å². The molecule has 1 rings (SSSR count). The normalized spacial score (nSPS) is 13.8. The highest BCUT2D eigenvalue weighted by molar-refractivity contribution is 5.28. The first kappa shape index (κ1) is 14.0. The predicted octanol–water partition coefficient (Wildman–Crippen LogP) is 1.85. The molecular weight excluding hydrogens is 216 g/mol. The molecule has 1 atom stereocenters. The number of aryl methyl sites for hydroxylation is 1. The Balaban J connectivity index is 3.05. The second-order valence-electron chi connectivity index (χ2n) is 5.40. The van der Waals surface area contributed by atoms with E-state index in [1.54, 1.807) is 13.3 Å². The van der Waals surface area contributed by atoms with Crippen molar-refractivity contribution in [3.8, 4) is 5.75 Å². The van der Waals surface area contributed by atoms with Crippen molar-refractivity contribution in [1.29, 1.82) is 0 Å². The average Bonchev–Trinajstić information content (AvgIpc) is 2.67. The predicted molar refractivity (Wildman–Crippen MR) is 68.6 cm³/mol. The van der Waals surface area contributed by atoms with Crippen LogP contribution in [-0.4, -0.2) is 16.9 Å². The van der Waals surface area contributed by atoms with Gasteiger partial charge in [-0.3, -0.25) is 16.0 Å². The lowest BCUT2D eigenvalue weighted by Crippen LogP contribution is -2.33. The van der Waals surface area contributed by atoms with Crippen LogP contribution in [0, 0.1) is 5.41 Å². The second-order valence-corrected chi connectivity index (χ2v) is 5.40. The van der Waals surface area contributed by atoms with E-state index in [2.05, 4.69) is 38.2 Å². The summed E-state index contributed by atoms with van der Waals surface area (Å²) >= 11 is 0.